The summed E-state index contributed by atoms with van der Waals surface area (Å²) in [5.74, 6) is -0.131. The highest BCUT2D eigenvalue weighted by atomic mass is 32.1. The average Bonchev–Trinajstić information content (AvgIpc) is 3.29. The lowest BCUT2D eigenvalue weighted by atomic mass is 10.1. The highest BCUT2D eigenvalue weighted by Gasteiger charge is 2.26. The first-order valence-corrected chi connectivity index (χ1v) is 10.8. The minimum atomic E-state index is -0.360. The Morgan fingerprint density at radius 2 is 2.03 bits per heavy atom. The molecule has 0 bridgehead atoms. The molecule has 0 aliphatic carbocycles. The largest absolute Gasteiger partial charge is 0.368 e. The van der Waals surface area contributed by atoms with Crippen molar-refractivity contribution >= 4 is 34.0 Å². The van der Waals surface area contributed by atoms with E-state index in [1.807, 2.05) is 26.0 Å². The molecule has 1 aromatic carbocycles. The third-order valence-electron chi connectivity index (χ3n) is 5.14. The van der Waals surface area contributed by atoms with Gasteiger partial charge in [0.2, 0.25) is 5.91 Å². The number of hydrogen-bond donors (Lipinski definition) is 2. The predicted molar refractivity (Wildman–Crippen MR) is 113 cm³/mol. The minimum Gasteiger partial charge on any atom is -0.368 e. The van der Waals surface area contributed by atoms with Crippen molar-refractivity contribution in [1.82, 2.24) is 9.88 Å². The monoisotopic (exact) mass is 414 g/mol. The number of nitrogens with zero attached hydrogens (tertiary/aromatic N) is 2. The van der Waals surface area contributed by atoms with E-state index in [1.165, 1.54) is 11.3 Å². The second-order valence-corrected chi connectivity index (χ2v) is 8.85. The van der Waals surface area contributed by atoms with Gasteiger partial charge in [-0.15, -0.1) is 11.3 Å². The molecule has 4 rings (SSSR count). The molecular formula is C21H26N4O3S. The smallest absolute Gasteiger partial charge is 0.255 e. The molecule has 0 spiro atoms. The Kier molecular flexibility index (Phi) is 5.94. The summed E-state index contributed by atoms with van der Waals surface area (Å²) in [5, 5.41) is 6.50. The van der Waals surface area contributed by atoms with Gasteiger partial charge in [0, 0.05) is 36.7 Å². The third-order valence-corrected chi connectivity index (χ3v) is 6.13. The lowest BCUT2D eigenvalue weighted by Gasteiger charge is -2.25. The van der Waals surface area contributed by atoms with E-state index in [0.717, 1.165) is 53.2 Å². The van der Waals surface area contributed by atoms with Gasteiger partial charge in [0.15, 0.2) is 5.13 Å². The molecule has 2 aliphatic heterocycles. The molecule has 154 valence electrons. The van der Waals surface area contributed by atoms with Crippen LogP contribution in [0, 0.1) is 13.8 Å². The Hall–Kier alpha value is -2.29. The van der Waals surface area contributed by atoms with E-state index in [-0.39, 0.29) is 17.9 Å². The SMILES string of the molecule is Cc1cc(C)cc(NC(=O)CN2CCc3nc(NC(=O)C4CCCO4)sc3C2)c1. The van der Waals surface area contributed by atoms with Crippen molar-refractivity contribution in [2.75, 3.05) is 30.3 Å². The summed E-state index contributed by atoms with van der Waals surface area (Å²) in [6.07, 6.45) is 2.10. The molecule has 1 atom stereocenters. The minimum absolute atomic E-state index is 0.0186. The van der Waals surface area contributed by atoms with Gasteiger partial charge < -0.3 is 10.1 Å². The zero-order valence-corrected chi connectivity index (χ0v) is 17.6. The molecule has 8 heteroatoms. The molecule has 1 unspecified atom stereocenters. The van der Waals surface area contributed by atoms with Crippen LogP contribution in [0.2, 0.25) is 0 Å². The van der Waals surface area contributed by atoms with Gasteiger partial charge in [-0.25, -0.2) is 4.98 Å². The molecule has 3 heterocycles. The van der Waals surface area contributed by atoms with Crippen LogP contribution in [0.5, 0.6) is 0 Å². The molecule has 7 nitrogen and oxygen atoms in total. The van der Waals surface area contributed by atoms with E-state index in [1.54, 1.807) is 0 Å². The first kappa shape index (κ1) is 20.0. The van der Waals surface area contributed by atoms with Crippen LogP contribution in [0.15, 0.2) is 18.2 Å². The standard InChI is InChI=1S/C21H26N4O3S/c1-13-8-14(2)10-15(9-13)22-19(26)12-25-6-5-16-18(11-25)29-21(23-16)24-20(27)17-4-3-7-28-17/h8-10,17H,3-7,11-12H2,1-2H3,(H,22,26)(H,23,24,27). The van der Waals surface area contributed by atoms with Gasteiger partial charge in [-0.05, 0) is 49.9 Å². The van der Waals surface area contributed by atoms with E-state index in [0.29, 0.717) is 24.8 Å². The summed E-state index contributed by atoms with van der Waals surface area (Å²) in [7, 11) is 0. The van der Waals surface area contributed by atoms with E-state index >= 15 is 0 Å². The van der Waals surface area contributed by atoms with Crippen LogP contribution in [-0.4, -0.2) is 47.5 Å². The fourth-order valence-corrected chi connectivity index (χ4v) is 4.91. The van der Waals surface area contributed by atoms with Crippen molar-refractivity contribution in [3.05, 3.63) is 39.9 Å². The number of hydrogen-bond acceptors (Lipinski definition) is 6. The normalized spacial score (nSPS) is 19.0. The van der Waals surface area contributed by atoms with Crippen molar-refractivity contribution in [1.29, 1.82) is 0 Å². The third kappa shape index (κ3) is 5.01. The Bertz CT molecular complexity index is 900. The lowest BCUT2D eigenvalue weighted by molar-refractivity contribution is -0.124. The Morgan fingerprint density at radius 1 is 1.24 bits per heavy atom. The first-order chi connectivity index (χ1) is 14.0. The van der Waals surface area contributed by atoms with Crippen LogP contribution in [0.3, 0.4) is 0 Å². The molecule has 2 amide bonds. The van der Waals surface area contributed by atoms with Crippen LogP contribution >= 0.6 is 11.3 Å². The van der Waals surface area contributed by atoms with Crippen molar-refractivity contribution in [3.8, 4) is 0 Å². The molecule has 2 aromatic rings. The van der Waals surface area contributed by atoms with Gasteiger partial charge in [0.1, 0.15) is 6.10 Å². The maximum Gasteiger partial charge on any atom is 0.255 e. The molecule has 29 heavy (non-hydrogen) atoms. The number of fused-ring (bicyclic) bond motifs is 1. The number of carbonyl (C=O) groups excluding carboxylic acids is 2. The van der Waals surface area contributed by atoms with Crippen molar-refractivity contribution in [3.63, 3.8) is 0 Å². The number of benzene rings is 1. The highest BCUT2D eigenvalue weighted by Crippen LogP contribution is 2.29. The summed E-state index contributed by atoms with van der Waals surface area (Å²) >= 11 is 1.49. The Morgan fingerprint density at radius 3 is 2.76 bits per heavy atom. The zero-order valence-electron chi connectivity index (χ0n) is 16.8. The highest BCUT2D eigenvalue weighted by molar-refractivity contribution is 7.15. The number of nitrogens with one attached hydrogen (secondary N) is 2. The summed E-state index contributed by atoms with van der Waals surface area (Å²) in [6, 6.07) is 6.04. The van der Waals surface area contributed by atoms with Crippen molar-refractivity contribution in [2.45, 2.75) is 45.8 Å². The summed E-state index contributed by atoms with van der Waals surface area (Å²) in [6.45, 7) is 6.47. The van der Waals surface area contributed by atoms with Crippen LogP contribution in [0.25, 0.3) is 0 Å². The first-order valence-electron chi connectivity index (χ1n) is 9.98. The number of amides is 2. The van der Waals surface area contributed by atoms with E-state index < -0.39 is 0 Å². The molecule has 1 saturated heterocycles. The fourth-order valence-electron chi connectivity index (χ4n) is 3.86. The van der Waals surface area contributed by atoms with Gasteiger partial charge in [-0.1, -0.05) is 6.07 Å². The van der Waals surface area contributed by atoms with Gasteiger partial charge in [0.05, 0.1) is 12.2 Å². The van der Waals surface area contributed by atoms with Crippen LogP contribution in [-0.2, 0) is 27.3 Å². The van der Waals surface area contributed by atoms with Crippen LogP contribution < -0.4 is 10.6 Å². The van der Waals surface area contributed by atoms with Crippen LogP contribution in [0.1, 0.15) is 34.5 Å². The summed E-state index contributed by atoms with van der Waals surface area (Å²) < 4.78 is 5.43. The van der Waals surface area contributed by atoms with Gasteiger partial charge in [-0.2, -0.15) is 0 Å². The maximum absolute atomic E-state index is 12.5. The van der Waals surface area contributed by atoms with Crippen LogP contribution in [0.4, 0.5) is 10.8 Å². The van der Waals surface area contributed by atoms with Gasteiger partial charge >= 0.3 is 0 Å². The summed E-state index contributed by atoms with van der Waals surface area (Å²) in [5.41, 5.74) is 4.11. The average molecular weight is 415 g/mol. The molecule has 0 saturated carbocycles. The summed E-state index contributed by atoms with van der Waals surface area (Å²) in [4.78, 5) is 32.5. The second-order valence-electron chi connectivity index (χ2n) is 7.77. The Labute approximate surface area is 174 Å². The molecule has 0 radical (unpaired) electrons. The number of thiazole rings is 1. The van der Waals surface area contributed by atoms with Crippen molar-refractivity contribution < 1.29 is 14.3 Å². The lowest BCUT2D eigenvalue weighted by Crippen LogP contribution is -2.36. The predicted octanol–water partition coefficient (Wildman–Crippen LogP) is 2.87. The Balaban J connectivity index is 1.33. The number of carbonyl (C=O) groups is 2. The topological polar surface area (TPSA) is 83.6 Å². The van der Waals surface area contributed by atoms with E-state index in [9.17, 15) is 9.59 Å². The zero-order chi connectivity index (χ0) is 20.4. The second kappa shape index (κ2) is 8.61. The quantitative estimate of drug-likeness (QED) is 0.786. The van der Waals surface area contributed by atoms with E-state index in [2.05, 4.69) is 26.6 Å². The number of rotatable bonds is 5. The molecule has 1 aromatic heterocycles. The number of aryl methyl sites for hydroxylation is 2. The number of aromatic nitrogens is 1. The van der Waals surface area contributed by atoms with Crippen molar-refractivity contribution in [2.24, 2.45) is 0 Å². The molecule has 1 fully saturated rings. The number of anilines is 2. The fraction of sp³-hybridized carbons (Fsp3) is 0.476. The van der Waals surface area contributed by atoms with Gasteiger partial charge in [0.25, 0.3) is 5.91 Å². The maximum atomic E-state index is 12.5. The molecule has 2 aliphatic rings. The molecular weight excluding hydrogens is 388 g/mol. The number of ether oxygens (including phenoxy) is 1. The molecule has 2 N–H and O–H groups in total. The van der Waals surface area contributed by atoms with Gasteiger partial charge in [-0.3, -0.25) is 19.8 Å². The van der Waals surface area contributed by atoms with E-state index in [4.69, 9.17) is 4.74 Å².